The van der Waals surface area contributed by atoms with Gasteiger partial charge in [-0.05, 0) is 13.0 Å². The molecule has 0 radical (unpaired) electrons. The summed E-state index contributed by atoms with van der Waals surface area (Å²) < 4.78 is 9.67. The minimum atomic E-state index is -0.468. The number of ether oxygens (including phenoxy) is 1. The van der Waals surface area contributed by atoms with Crippen LogP contribution < -0.4 is 0 Å². The van der Waals surface area contributed by atoms with Gasteiger partial charge in [0, 0.05) is 0 Å². The van der Waals surface area contributed by atoms with Crippen molar-refractivity contribution >= 4 is 11.5 Å². The van der Waals surface area contributed by atoms with Crippen molar-refractivity contribution in [3.8, 4) is 0 Å². The number of oxazole rings is 1. The number of allylic oxidation sites excluding steroid dienone is 2. The van der Waals surface area contributed by atoms with Crippen LogP contribution >= 0.6 is 0 Å². The number of aromatic nitrogens is 1. The second kappa shape index (κ2) is 4.41. The van der Waals surface area contributed by atoms with Crippen molar-refractivity contribution in [1.29, 1.82) is 0 Å². The van der Waals surface area contributed by atoms with Crippen LogP contribution in [0.4, 0.5) is 0 Å². The van der Waals surface area contributed by atoms with Crippen LogP contribution in [0.3, 0.4) is 0 Å². The summed E-state index contributed by atoms with van der Waals surface area (Å²) in [7, 11) is 1.31. The Balaban J connectivity index is 3.13. The molecule has 0 unspecified atom stereocenters. The van der Waals surface area contributed by atoms with Crippen LogP contribution in [0.15, 0.2) is 29.5 Å². The van der Waals surface area contributed by atoms with Gasteiger partial charge in [-0.15, -0.1) is 0 Å². The van der Waals surface area contributed by atoms with Gasteiger partial charge < -0.3 is 9.15 Å². The van der Waals surface area contributed by atoms with Gasteiger partial charge in [-0.3, -0.25) is 0 Å². The summed E-state index contributed by atoms with van der Waals surface area (Å²) in [5.74, 6) is -0.0542. The first-order valence-corrected chi connectivity index (χ1v) is 4.02. The van der Waals surface area contributed by atoms with Gasteiger partial charge in [0.05, 0.1) is 12.8 Å². The zero-order valence-corrected chi connectivity index (χ0v) is 8.11. The maximum Gasteiger partial charge on any atom is 0.341 e. The highest BCUT2D eigenvalue weighted by Crippen LogP contribution is 2.19. The van der Waals surface area contributed by atoms with Crippen molar-refractivity contribution in [2.45, 2.75) is 6.92 Å². The number of hydrogen-bond donors (Lipinski definition) is 0. The van der Waals surface area contributed by atoms with E-state index in [1.807, 2.05) is 0 Å². The van der Waals surface area contributed by atoms with Crippen LogP contribution in [0.25, 0.3) is 5.57 Å². The Bertz CT molecular complexity index is 376. The average Bonchev–Trinajstić information content (AvgIpc) is 2.60. The van der Waals surface area contributed by atoms with E-state index < -0.39 is 5.97 Å². The summed E-state index contributed by atoms with van der Waals surface area (Å²) in [6, 6.07) is 0. The largest absolute Gasteiger partial charge is 0.465 e. The fraction of sp³-hybridized carbons (Fsp3) is 0.200. The second-order valence-electron chi connectivity index (χ2n) is 2.57. The molecule has 0 N–H and O–H groups in total. The Kier molecular flexibility index (Phi) is 3.23. The molecule has 14 heavy (non-hydrogen) atoms. The molecule has 0 aliphatic heterocycles. The van der Waals surface area contributed by atoms with Gasteiger partial charge in [0.25, 0.3) is 0 Å². The fourth-order valence-electron chi connectivity index (χ4n) is 1.02. The van der Waals surface area contributed by atoms with Gasteiger partial charge in [0.2, 0.25) is 0 Å². The van der Waals surface area contributed by atoms with Crippen molar-refractivity contribution < 1.29 is 13.9 Å². The summed E-state index contributed by atoms with van der Waals surface area (Å²) >= 11 is 0. The molecule has 0 fully saturated rings. The molecule has 0 atom stereocenters. The number of hydrogen-bond acceptors (Lipinski definition) is 4. The molecule has 1 heterocycles. The van der Waals surface area contributed by atoms with Gasteiger partial charge in [-0.25, -0.2) is 9.78 Å². The van der Waals surface area contributed by atoms with E-state index in [1.54, 1.807) is 6.92 Å². The van der Waals surface area contributed by atoms with E-state index in [2.05, 4.69) is 16.3 Å². The predicted octanol–water partition coefficient (Wildman–Crippen LogP) is 1.73. The smallest absolute Gasteiger partial charge is 0.341 e. The average molecular weight is 193 g/mol. The zero-order chi connectivity index (χ0) is 10.6. The van der Waals surface area contributed by atoms with Crippen LogP contribution in [0, 0.1) is 6.92 Å². The minimum absolute atomic E-state index is 0.317. The number of aryl methyl sites for hydroxylation is 1. The van der Waals surface area contributed by atoms with Crippen LogP contribution in [-0.4, -0.2) is 18.1 Å². The van der Waals surface area contributed by atoms with E-state index in [-0.39, 0.29) is 0 Å². The molecule has 1 aromatic heterocycles. The second-order valence-corrected chi connectivity index (χ2v) is 2.57. The van der Waals surface area contributed by atoms with Gasteiger partial charge in [-0.2, -0.15) is 0 Å². The Morgan fingerprint density at radius 3 is 2.86 bits per heavy atom. The van der Waals surface area contributed by atoms with E-state index in [0.29, 0.717) is 17.0 Å². The highest BCUT2D eigenvalue weighted by atomic mass is 16.5. The summed E-state index contributed by atoms with van der Waals surface area (Å²) in [4.78, 5) is 15.2. The number of esters is 1. The quantitative estimate of drug-likeness (QED) is 0.416. The lowest BCUT2D eigenvalue weighted by atomic mass is 10.1. The molecule has 74 valence electrons. The summed E-state index contributed by atoms with van der Waals surface area (Å²) in [6.45, 7) is 5.26. The molecular weight excluding hydrogens is 182 g/mol. The third-order valence-electron chi connectivity index (χ3n) is 1.68. The number of carbonyl (C=O) groups is 1. The SMILES string of the molecule is C=C/C=C(/C(=O)OC)c1ocnc1C. The first-order chi connectivity index (χ1) is 6.70. The number of rotatable bonds is 3. The van der Waals surface area contributed by atoms with Crippen LogP contribution in [0.5, 0.6) is 0 Å². The first kappa shape index (κ1) is 10.2. The van der Waals surface area contributed by atoms with Crippen LogP contribution in [-0.2, 0) is 9.53 Å². The molecular formula is C10H11NO3. The van der Waals surface area contributed by atoms with Crippen LogP contribution in [0.1, 0.15) is 11.5 Å². The molecule has 1 aromatic rings. The predicted molar refractivity (Wildman–Crippen MR) is 51.4 cm³/mol. The van der Waals surface area contributed by atoms with E-state index in [4.69, 9.17) is 4.42 Å². The molecule has 4 nitrogen and oxygen atoms in total. The molecule has 0 saturated carbocycles. The molecule has 1 rings (SSSR count). The first-order valence-electron chi connectivity index (χ1n) is 4.02. The highest BCUT2D eigenvalue weighted by Gasteiger charge is 2.17. The Hall–Kier alpha value is -1.84. The number of nitrogens with zero attached hydrogens (tertiary/aromatic N) is 1. The van der Waals surface area contributed by atoms with Crippen molar-refractivity contribution in [3.05, 3.63) is 36.6 Å². The summed E-state index contributed by atoms with van der Waals surface area (Å²) in [5.41, 5.74) is 0.959. The monoisotopic (exact) mass is 193 g/mol. The topological polar surface area (TPSA) is 52.3 Å². The Labute approximate surface area is 81.9 Å². The van der Waals surface area contributed by atoms with Gasteiger partial charge in [0.15, 0.2) is 12.2 Å². The van der Waals surface area contributed by atoms with Crippen LogP contribution in [0.2, 0.25) is 0 Å². The van der Waals surface area contributed by atoms with Gasteiger partial charge in [0.1, 0.15) is 5.57 Å². The molecule has 0 aliphatic rings. The maximum absolute atomic E-state index is 11.3. The van der Waals surface area contributed by atoms with Crippen molar-refractivity contribution in [2.24, 2.45) is 0 Å². The third-order valence-corrected chi connectivity index (χ3v) is 1.68. The third kappa shape index (κ3) is 1.90. The fourth-order valence-corrected chi connectivity index (χ4v) is 1.02. The standard InChI is InChI=1S/C10H11NO3/c1-4-5-8(10(12)13-3)9-7(2)11-6-14-9/h4-6H,1H2,2-3H3/b8-5+. The minimum Gasteiger partial charge on any atom is -0.465 e. The maximum atomic E-state index is 11.3. The Morgan fingerprint density at radius 2 is 2.43 bits per heavy atom. The molecule has 4 heteroatoms. The molecule has 0 spiro atoms. The molecule has 0 bridgehead atoms. The van der Waals surface area contributed by atoms with Crippen molar-refractivity contribution in [3.63, 3.8) is 0 Å². The van der Waals surface area contributed by atoms with Crippen molar-refractivity contribution in [2.75, 3.05) is 7.11 Å². The van der Waals surface area contributed by atoms with Gasteiger partial charge in [-0.1, -0.05) is 12.7 Å². The lowest BCUT2D eigenvalue weighted by Crippen LogP contribution is -2.04. The molecule has 0 saturated heterocycles. The van der Waals surface area contributed by atoms with E-state index in [9.17, 15) is 4.79 Å². The van der Waals surface area contributed by atoms with Gasteiger partial charge >= 0.3 is 5.97 Å². The Morgan fingerprint density at radius 1 is 1.71 bits per heavy atom. The normalized spacial score (nSPS) is 11.1. The van der Waals surface area contributed by atoms with E-state index in [0.717, 1.165) is 0 Å². The number of carbonyl (C=O) groups excluding carboxylic acids is 1. The highest BCUT2D eigenvalue weighted by molar-refractivity contribution is 6.16. The summed E-state index contributed by atoms with van der Waals surface area (Å²) in [6.07, 6.45) is 4.30. The zero-order valence-electron chi connectivity index (χ0n) is 8.11. The molecule has 0 aromatic carbocycles. The van der Waals surface area contributed by atoms with E-state index >= 15 is 0 Å². The molecule has 0 aliphatic carbocycles. The molecule has 0 amide bonds. The van der Waals surface area contributed by atoms with Crippen molar-refractivity contribution in [1.82, 2.24) is 4.98 Å². The summed E-state index contributed by atoms with van der Waals surface area (Å²) in [5, 5.41) is 0. The van der Waals surface area contributed by atoms with E-state index in [1.165, 1.54) is 25.7 Å². The lowest BCUT2D eigenvalue weighted by Gasteiger charge is -2.01. The number of methoxy groups -OCH3 is 1. The lowest BCUT2D eigenvalue weighted by molar-refractivity contribution is -0.133.